The van der Waals surface area contributed by atoms with Crippen LogP contribution >= 0.6 is 0 Å². The van der Waals surface area contributed by atoms with Crippen LogP contribution in [0, 0.1) is 0 Å². The molecule has 5 heteroatoms. The number of rotatable bonds is 5. The topological polar surface area (TPSA) is 76.5 Å². The Balaban J connectivity index is 1.68. The first-order valence-corrected chi connectivity index (χ1v) is 8.31. The first-order valence-electron chi connectivity index (χ1n) is 8.31. The molecule has 1 fully saturated rings. The predicted octanol–water partition coefficient (Wildman–Crippen LogP) is 2.94. The molecule has 0 radical (unpaired) electrons. The molecule has 0 bridgehead atoms. The lowest BCUT2D eigenvalue weighted by Gasteiger charge is -2.28. The Morgan fingerprint density at radius 1 is 0.917 bits per heavy atom. The second-order valence-corrected chi connectivity index (χ2v) is 5.93. The maximum atomic E-state index is 5.64. The highest BCUT2D eigenvalue weighted by Crippen LogP contribution is 2.26. The van der Waals surface area contributed by atoms with E-state index in [0.29, 0.717) is 5.75 Å². The quantitative estimate of drug-likeness (QED) is 0.448. The minimum atomic E-state index is 0.219. The van der Waals surface area contributed by atoms with Gasteiger partial charge in [0.1, 0.15) is 5.75 Å². The van der Waals surface area contributed by atoms with Gasteiger partial charge in [-0.05, 0) is 54.7 Å². The summed E-state index contributed by atoms with van der Waals surface area (Å²) in [5.74, 6) is 6.05. The van der Waals surface area contributed by atoms with Gasteiger partial charge in [-0.1, -0.05) is 24.3 Å². The van der Waals surface area contributed by atoms with Crippen LogP contribution in [-0.2, 0) is 0 Å². The van der Waals surface area contributed by atoms with E-state index in [4.69, 9.17) is 16.3 Å². The van der Waals surface area contributed by atoms with Gasteiger partial charge in [0.05, 0.1) is 6.20 Å². The molecule has 3 rings (SSSR count). The number of hydrogen-bond donors (Lipinski definition) is 3. The van der Waals surface area contributed by atoms with E-state index in [0.717, 1.165) is 18.7 Å². The zero-order valence-corrected chi connectivity index (χ0v) is 13.7. The van der Waals surface area contributed by atoms with Gasteiger partial charge in [-0.2, -0.15) is 0 Å². The van der Waals surface area contributed by atoms with Gasteiger partial charge in [0.2, 0.25) is 5.88 Å². The van der Waals surface area contributed by atoms with Crippen LogP contribution in [0.3, 0.4) is 0 Å². The van der Waals surface area contributed by atoms with Crippen LogP contribution in [0.15, 0.2) is 60.6 Å². The molecule has 5 N–H and O–H groups in total. The molecule has 0 spiro atoms. The molecule has 2 aromatic carbocycles. The van der Waals surface area contributed by atoms with Gasteiger partial charge in [-0.3, -0.25) is 5.84 Å². The van der Waals surface area contributed by atoms with Crippen molar-refractivity contribution in [3.63, 3.8) is 0 Å². The third-order valence-electron chi connectivity index (χ3n) is 4.24. The largest absolute Gasteiger partial charge is 0.440 e. The molecular weight excluding hydrogens is 300 g/mol. The van der Waals surface area contributed by atoms with Crippen LogP contribution < -0.4 is 26.6 Å². The van der Waals surface area contributed by atoms with Crippen molar-refractivity contribution in [2.75, 3.05) is 18.0 Å². The fraction of sp³-hybridized carbons (Fsp3) is 0.263. The highest BCUT2D eigenvalue weighted by molar-refractivity contribution is 5.67. The average molecular weight is 324 g/mol. The molecule has 1 heterocycles. The maximum Gasteiger partial charge on any atom is 0.208 e. The fourth-order valence-corrected chi connectivity index (χ4v) is 2.98. The highest BCUT2D eigenvalue weighted by atomic mass is 16.5. The molecule has 0 aliphatic carbocycles. The zero-order chi connectivity index (χ0) is 16.8. The first-order chi connectivity index (χ1) is 11.8. The summed E-state index contributed by atoms with van der Waals surface area (Å²) in [7, 11) is 0. The van der Waals surface area contributed by atoms with Gasteiger partial charge in [0.15, 0.2) is 0 Å². The lowest BCUT2D eigenvalue weighted by molar-refractivity contribution is 0.415. The Labute approximate surface area is 142 Å². The van der Waals surface area contributed by atoms with Gasteiger partial charge in [0, 0.05) is 18.8 Å². The van der Waals surface area contributed by atoms with Gasteiger partial charge in [-0.25, -0.2) is 0 Å². The second kappa shape index (κ2) is 7.75. The Morgan fingerprint density at radius 3 is 2.08 bits per heavy atom. The van der Waals surface area contributed by atoms with Gasteiger partial charge in [0.25, 0.3) is 0 Å². The van der Waals surface area contributed by atoms with E-state index in [2.05, 4.69) is 34.6 Å². The fourth-order valence-electron chi connectivity index (χ4n) is 2.98. The smallest absolute Gasteiger partial charge is 0.208 e. The second-order valence-electron chi connectivity index (χ2n) is 5.93. The van der Waals surface area contributed by atoms with E-state index in [1.165, 1.54) is 36.7 Å². The summed E-state index contributed by atoms with van der Waals surface area (Å²) >= 11 is 0. The van der Waals surface area contributed by atoms with E-state index in [9.17, 15) is 0 Å². The summed E-state index contributed by atoms with van der Waals surface area (Å²) < 4.78 is 5.43. The molecule has 0 atom stereocenters. The molecule has 1 aliphatic heterocycles. The van der Waals surface area contributed by atoms with Crippen molar-refractivity contribution >= 4 is 5.69 Å². The molecule has 0 saturated carbocycles. The molecule has 126 valence electrons. The molecule has 0 aromatic heterocycles. The standard InChI is InChI=1S/C19H24N4O/c20-19(14-22-21)24-18-10-6-16(7-11-18)15-4-8-17(9-5-15)23-12-2-1-3-13-23/h4-11,14,22H,1-3,12-13,20-21H2/b19-14+. The summed E-state index contributed by atoms with van der Waals surface area (Å²) in [4.78, 5) is 2.46. The Morgan fingerprint density at radius 2 is 1.50 bits per heavy atom. The summed E-state index contributed by atoms with van der Waals surface area (Å²) in [6.07, 6.45) is 5.33. The molecule has 0 amide bonds. The molecule has 0 unspecified atom stereocenters. The van der Waals surface area contributed by atoms with Crippen LogP contribution in [0.1, 0.15) is 19.3 Å². The third-order valence-corrected chi connectivity index (χ3v) is 4.24. The van der Waals surface area contributed by atoms with E-state index in [1.54, 1.807) is 0 Å². The Hall–Kier alpha value is -2.66. The average Bonchev–Trinajstić information content (AvgIpc) is 2.63. The SMILES string of the molecule is NN/C=C(\N)Oc1ccc(-c2ccc(N3CCCCC3)cc2)cc1. The Kier molecular flexibility index (Phi) is 5.23. The van der Waals surface area contributed by atoms with Crippen molar-refractivity contribution in [2.24, 2.45) is 11.6 Å². The lowest BCUT2D eigenvalue weighted by atomic mass is 10.0. The monoisotopic (exact) mass is 324 g/mol. The number of ether oxygens (including phenoxy) is 1. The van der Waals surface area contributed by atoms with Crippen molar-refractivity contribution < 1.29 is 4.74 Å². The third kappa shape index (κ3) is 4.00. The van der Waals surface area contributed by atoms with Gasteiger partial charge >= 0.3 is 0 Å². The number of benzene rings is 2. The molecule has 5 nitrogen and oxygen atoms in total. The Bertz CT molecular complexity index is 674. The lowest BCUT2D eigenvalue weighted by Crippen LogP contribution is -2.29. The molecule has 1 saturated heterocycles. The summed E-state index contributed by atoms with van der Waals surface area (Å²) in [5, 5.41) is 0. The number of nitrogens with zero attached hydrogens (tertiary/aromatic N) is 1. The number of nitrogens with one attached hydrogen (secondary N) is 1. The minimum Gasteiger partial charge on any atom is -0.440 e. The van der Waals surface area contributed by atoms with E-state index in [1.807, 2.05) is 24.3 Å². The van der Waals surface area contributed by atoms with Crippen LogP contribution in [-0.4, -0.2) is 13.1 Å². The van der Waals surface area contributed by atoms with Gasteiger partial charge < -0.3 is 20.8 Å². The number of hydrogen-bond acceptors (Lipinski definition) is 5. The van der Waals surface area contributed by atoms with Crippen molar-refractivity contribution in [1.29, 1.82) is 0 Å². The summed E-state index contributed by atoms with van der Waals surface area (Å²) in [6.45, 7) is 2.33. The zero-order valence-electron chi connectivity index (χ0n) is 13.7. The van der Waals surface area contributed by atoms with Crippen molar-refractivity contribution in [3.05, 3.63) is 60.6 Å². The van der Waals surface area contributed by atoms with Gasteiger partial charge in [-0.15, -0.1) is 0 Å². The molecule has 1 aliphatic rings. The normalized spacial score (nSPS) is 15.2. The van der Waals surface area contributed by atoms with Crippen LogP contribution in [0.25, 0.3) is 11.1 Å². The number of hydrazine groups is 1. The molecule has 24 heavy (non-hydrogen) atoms. The summed E-state index contributed by atoms with van der Waals surface area (Å²) in [6, 6.07) is 16.6. The van der Waals surface area contributed by atoms with Crippen LogP contribution in [0.4, 0.5) is 5.69 Å². The first kappa shape index (κ1) is 16.2. The number of anilines is 1. The van der Waals surface area contributed by atoms with E-state index < -0.39 is 0 Å². The molecular formula is C19H24N4O. The van der Waals surface area contributed by atoms with Crippen molar-refractivity contribution in [1.82, 2.24) is 5.43 Å². The molecule has 2 aromatic rings. The maximum absolute atomic E-state index is 5.64. The van der Waals surface area contributed by atoms with Crippen molar-refractivity contribution in [2.45, 2.75) is 19.3 Å². The number of piperidine rings is 1. The minimum absolute atomic E-state index is 0.219. The predicted molar refractivity (Wildman–Crippen MR) is 98.2 cm³/mol. The highest BCUT2D eigenvalue weighted by Gasteiger charge is 2.10. The van der Waals surface area contributed by atoms with Crippen LogP contribution in [0.2, 0.25) is 0 Å². The van der Waals surface area contributed by atoms with Crippen LogP contribution in [0.5, 0.6) is 5.75 Å². The van der Waals surface area contributed by atoms with E-state index >= 15 is 0 Å². The summed E-state index contributed by atoms with van der Waals surface area (Å²) in [5.41, 5.74) is 11.6. The number of nitrogens with two attached hydrogens (primary N) is 2. The van der Waals surface area contributed by atoms with E-state index in [-0.39, 0.29) is 5.88 Å². The van der Waals surface area contributed by atoms with Crippen molar-refractivity contribution in [3.8, 4) is 16.9 Å².